The molecule has 0 aliphatic carbocycles. The van der Waals surface area contributed by atoms with Gasteiger partial charge in [0.15, 0.2) is 11.5 Å². The Morgan fingerprint density at radius 3 is 2.26 bits per heavy atom. The van der Waals surface area contributed by atoms with Crippen molar-refractivity contribution in [2.75, 3.05) is 29.8 Å². The Morgan fingerprint density at radius 1 is 1.00 bits per heavy atom. The van der Waals surface area contributed by atoms with Crippen molar-refractivity contribution in [1.29, 1.82) is 0 Å². The molecule has 0 fully saturated rings. The molecular formula is C27H36ClN3O6S. The van der Waals surface area contributed by atoms with Gasteiger partial charge in [-0.3, -0.25) is 13.9 Å². The second-order valence-electron chi connectivity index (χ2n) is 9.13. The van der Waals surface area contributed by atoms with Crippen LogP contribution in [0.4, 0.5) is 5.69 Å². The van der Waals surface area contributed by atoms with Crippen LogP contribution in [0.5, 0.6) is 11.5 Å². The highest BCUT2D eigenvalue weighted by atomic mass is 35.5. The van der Waals surface area contributed by atoms with Gasteiger partial charge in [-0.15, -0.1) is 0 Å². The molecule has 208 valence electrons. The third-order valence-corrected chi connectivity index (χ3v) is 8.44. The molecule has 0 radical (unpaired) electrons. The van der Waals surface area contributed by atoms with Gasteiger partial charge in [0.05, 0.1) is 11.4 Å². The first-order valence-electron chi connectivity index (χ1n) is 12.8. The fourth-order valence-corrected chi connectivity index (χ4v) is 5.23. The predicted molar refractivity (Wildman–Crippen MR) is 148 cm³/mol. The number of benzene rings is 2. The summed E-state index contributed by atoms with van der Waals surface area (Å²) >= 11 is 6.04. The summed E-state index contributed by atoms with van der Waals surface area (Å²) in [6, 6.07) is 10.9. The molecule has 1 heterocycles. The van der Waals surface area contributed by atoms with Gasteiger partial charge < -0.3 is 19.7 Å². The zero-order valence-electron chi connectivity index (χ0n) is 22.3. The highest BCUT2D eigenvalue weighted by molar-refractivity contribution is 7.92. The van der Waals surface area contributed by atoms with Crippen LogP contribution < -0.4 is 19.1 Å². The minimum Gasteiger partial charge on any atom is -0.486 e. The lowest BCUT2D eigenvalue weighted by Crippen LogP contribution is -2.53. The fourth-order valence-electron chi connectivity index (χ4n) is 4.05. The molecule has 2 unspecified atom stereocenters. The summed E-state index contributed by atoms with van der Waals surface area (Å²) in [6.45, 7) is 7.58. The van der Waals surface area contributed by atoms with Crippen LogP contribution in [-0.2, 0) is 26.2 Å². The quantitative estimate of drug-likeness (QED) is 0.417. The van der Waals surface area contributed by atoms with E-state index in [-0.39, 0.29) is 29.9 Å². The van der Waals surface area contributed by atoms with Gasteiger partial charge >= 0.3 is 0 Å². The van der Waals surface area contributed by atoms with Crippen LogP contribution >= 0.6 is 11.6 Å². The van der Waals surface area contributed by atoms with Gasteiger partial charge in [0, 0.05) is 23.7 Å². The summed E-state index contributed by atoms with van der Waals surface area (Å²) in [7, 11) is -3.85. The first-order chi connectivity index (χ1) is 18.1. The Balaban J connectivity index is 1.97. The summed E-state index contributed by atoms with van der Waals surface area (Å²) in [6.07, 6.45) is 1.09. The lowest BCUT2D eigenvalue weighted by atomic mass is 10.1. The van der Waals surface area contributed by atoms with Crippen molar-refractivity contribution < 1.29 is 27.5 Å². The highest BCUT2D eigenvalue weighted by Gasteiger charge is 2.33. The summed E-state index contributed by atoms with van der Waals surface area (Å²) in [5, 5.41) is 3.50. The molecule has 9 nitrogen and oxygen atoms in total. The van der Waals surface area contributed by atoms with E-state index < -0.39 is 28.5 Å². The minimum atomic E-state index is -3.85. The number of hydrogen-bond acceptors (Lipinski definition) is 6. The van der Waals surface area contributed by atoms with Gasteiger partial charge in [-0.25, -0.2) is 8.42 Å². The van der Waals surface area contributed by atoms with Crippen LogP contribution in [-0.4, -0.2) is 62.7 Å². The second kappa shape index (κ2) is 13.2. The summed E-state index contributed by atoms with van der Waals surface area (Å²) in [4.78, 5) is 28.5. The van der Waals surface area contributed by atoms with Crippen LogP contribution in [0.25, 0.3) is 0 Å². The monoisotopic (exact) mass is 565 g/mol. The number of halogens is 1. The molecule has 2 atom stereocenters. The highest BCUT2D eigenvalue weighted by Crippen LogP contribution is 2.35. The molecule has 3 rings (SSSR count). The van der Waals surface area contributed by atoms with Crippen LogP contribution in [0, 0.1) is 0 Å². The van der Waals surface area contributed by atoms with Crippen LogP contribution in [0.15, 0.2) is 42.5 Å². The Morgan fingerprint density at radius 2 is 1.66 bits per heavy atom. The fraction of sp³-hybridized carbons (Fsp3) is 0.481. The maximum atomic E-state index is 13.9. The number of hydrogen-bond donors (Lipinski definition) is 1. The second-order valence-corrected chi connectivity index (χ2v) is 11.7. The number of carbonyl (C=O) groups is 2. The van der Waals surface area contributed by atoms with Crippen molar-refractivity contribution in [3.05, 3.63) is 53.1 Å². The van der Waals surface area contributed by atoms with Gasteiger partial charge in [0.25, 0.3) is 0 Å². The smallest absolute Gasteiger partial charge is 0.244 e. The molecule has 0 saturated heterocycles. The van der Waals surface area contributed by atoms with E-state index in [1.54, 1.807) is 42.5 Å². The van der Waals surface area contributed by atoms with Crippen molar-refractivity contribution in [2.24, 2.45) is 0 Å². The van der Waals surface area contributed by atoms with E-state index >= 15 is 0 Å². The number of rotatable bonds is 12. The topological polar surface area (TPSA) is 105 Å². The van der Waals surface area contributed by atoms with E-state index in [1.165, 1.54) is 11.8 Å². The number of anilines is 1. The van der Waals surface area contributed by atoms with Gasteiger partial charge in [0.1, 0.15) is 25.8 Å². The van der Waals surface area contributed by atoms with E-state index in [0.29, 0.717) is 36.2 Å². The van der Waals surface area contributed by atoms with Gasteiger partial charge in [-0.05, 0) is 56.5 Å². The summed E-state index contributed by atoms with van der Waals surface area (Å²) in [5.74, 6) is -0.0731. The molecule has 11 heteroatoms. The molecule has 1 aliphatic rings. The Hall–Kier alpha value is -2.98. The number of nitrogens with zero attached hydrogens (tertiary/aromatic N) is 2. The average molecular weight is 566 g/mol. The first kappa shape index (κ1) is 29.6. The molecule has 0 spiro atoms. The molecule has 2 amide bonds. The van der Waals surface area contributed by atoms with E-state index in [0.717, 1.165) is 16.3 Å². The minimum absolute atomic E-state index is 0.0706. The Bertz CT molecular complexity index is 1220. The third-order valence-electron chi connectivity index (χ3n) is 6.45. The van der Waals surface area contributed by atoms with E-state index in [4.69, 9.17) is 21.1 Å². The lowest BCUT2D eigenvalue weighted by Gasteiger charge is -2.34. The SMILES string of the molecule is CCC(C)NC(=O)C(CC)N(Cc1ccc(Cl)cc1)C(=O)CN(c1ccc2c(c1)OCCO2)S(=O)(=O)CC. The largest absolute Gasteiger partial charge is 0.486 e. The van der Waals surface area contributed by atoms with Crippen molar-refractivity contribution in [2.45, 2.75) is 59.2 Å². The molecule has 0 aromatic heterocycles. The molecule has 1 aliphatic heterocycles. The molecule has 0 saturated carbocycles. The van der Waals surface area contributed by atoms with Gasteiger partial charge in [-0.2, -0.15) is 0 Å². The maximum absolute atomic E-state index is 13.9. The van der Waals surface area contributed by atoms with Gasteiger partial charge in [0.2, 0.25) is 21.8 Å². The molecule has 38 heavy (non-hydrogen) atoms. The number of carbonyl (C=O) groups excluding carboxylic acids is 2. The van der Waals surface area contributed by atoms with Crippen LogP contribution in [0.1, 0.15) is 46.1 Å². The average Bonchev–Trinajstić information content (AvgIpc) is 2.92. The number of amides is 2. The first-order valence-corrected chi connectivity index (χ1v) is 14.8. The maximum Gasteiger partial charge on any atom is 0.244 e. The molecular weight excluding hydrogens is 530 g/mol. The number of fused-ring (bicyclic) bond motifs is 1. The zero-order chi connectivity index (χ0) is 27.9. The molecule has 1 N–H and O–H groups in total. The zero-order valence-corrected chi connectivity index (χ0v) is 23.8. The van der Waals surface area contributed by atoms with Gasteiger partial charge in [-0.1, -0.05) is 37.6 Å². The number of ether oxygens (including phenoxy) is 2. The van der Waals surface area contributed by atoms with Crippen LogP contribution in [0.2, 0.25) is 5.02 Å². The van der Waals surface area contributed by atoms with E-state index in [2.05, 4.69) is 5.32 Å². The van der Waals surface area contributed by atoms with Crippen LogP contribution in [0.3, 0.4) is 0 Å². The van der Waals surface area contributed by atoms with Crippen molar-refractivity contribution in [3.63, 3.8) is 0 Å². The summed E-state index contributed by atoms with van der Waals surface area (Å²) in [5.41, 5.74) is 1.05. The predicted octanol–water partition coefficient (Wildman–Crippen LogP) is 3.99. The number of sulfonamides is 1. The normalized spacial score (nSPS) is 14.3. The van der Waals surface area contributed by atoms with Crippen molar-refractivity contribution >= 4 is 39.1 Å². The Kier molecular flexibility index (Phi) is 10.3. The standard InChI is InChI=1S/C27H36ClN3O6S/c1-5-19(4)29-27(33)23(6-2)30(17-20-8-10-21(28)11-9-20)26(32)18-31(38(34,35)7-3)22-12-13-24-25(16-22)37-15-14-36-24/h8-13,16,19,23H,5-7,14-15,17-18H2,1-4H3,(H,29,33). The van der Waals surface area contributed by atoms with Crippen molar-refractivity contribution in [3.8, 4) is 11.5 Å². The summed E-state index contributed by atoms with van der Waals surface area (Å²) < 4.78 is 38.6. The number of nitrogens with one attached hydrogen (secondary N) is 1. The lowest BCUT2D eigenvalue weighted by molar-refractivity contribution is -0.140. The Labute approximate surface area is 230 Å². The third kappa shape index (κ3) is 7.32. The van der Waals surface area contributed by atoms with E-state index in [1.807, 2.05) is 20.8 Å². The molecule has 0 bridgehead atoms. The van der Waals surface area contributed by atoms with Crippen molar-refractivity contribution in [1.82, 2.24) is 10.2 Å². The molecule has 2 aromatic rings. The molecule has 2 aromatic carbocycles. The van der Waals surface area contributed by atoms with E-state index in [9.17, 15) is 18.0 Å².